The van der Waals surface area contributed by atoms with Crippen molar-refractivity contribution in [2.45, 2.75) is 19.4 Å². The molecule has 8 nitrogen and oxygen atoms in total. The van der Waals surface area contributed by atoms with Crippen LogP contribution >= 0.6 is 0 Å². The fourth-order valence-electron chi connectivity index (χ4n) is 3.81. The molecule has 8 heteroatoms. The van der Waals surface area contributed by atoms with Crippen LogP contribution in [0.15, 0.2) is 45.6 Å². The van der Waals surface area contributed by atoms with Crippen molar-refractivity contribution >= 4 is 28.8 Å². The van der Waals surface area contributed by atoms with Gasteiger partial charge in [-0.05, 0) is 25.0 Å². The standard InChI is InChI=1S/C21H19NO7/c1-27-13-6-7-14-12(8-18(23)29-17(14)9-13)11-28-19(24)10-22-20(25)15-4-2-3-5-16(15)21(22)26/h2-3,6-9,15-16H,4-5,10-11H2,1H3/t15-,16-/m1/s1. The molecule has 0 spiro atoms. The highest BCUT2D eigenvalue weighted by Crippen LogP contribution is 2.34. The zero-order valence-electron chi connectivity index (χ0n) is 15.8. The molecule has 1 aromatic carbocycles. The number of carbonyl (C=O) groups excluding carboxylic acids is 3. The fourth-order valence-corrected chi connectivity index (χ4v) is 3.81. The predicted molar refractivity (Wildman–Crippen MR) is 101 cm³/mol. The van der Waals surface area contributed by atoms with Gasteiger partial charge in [0.1, 0.15) is 24.5 Å². The number of nitrogens with zero attached hydrogens (tertiary/aromatic N) is 1. The molecule has 1 saturated heterocycles. The molecule has 2 amide bonds. The molecule has 2 aliphatic rings. The molecule has 0 N–H and O–H groups in total. The number of fused-ring (bicyclic) bond motifs is 2. The minimum absolute atomic E-state index is 0.183. The van der Waals surface area contributed by atoms with E-state index in [1.165, 1.54) is 13.2 Å². The van der Waals surface area contributed by atoms with E-state index < -0.39 is 30.0 Å². The Morgan fingerprint density at radius 2 is 1.79 bits per heavy atom. The lowest BCUT2D eigenvalue weighted by Gasteiger charge is -2.14. The summed E-state index contributed by atoms with van der Waals surface area (Å²) in [6, 6.07) is 6.21. The van der Waals surface area contributed by atoms with Crippen molar-refractivity contribution in [3.05, 3.63) is 52.4 Å². The third kappa shape index (κ3) is 3.53. The van der Waals surface area contributed by atoms with Gasteiger partial charge < -0.3 is 13.9 Å². The summed E-state index contributed by atoms with van der Waals surface area (Å²) in [6.45, 7) is -0.615. The third-order valence-corrected chi connectivity index (χ3v) is 5.31. The van der Waals surface area contributed by atoms with Gasteiger partial charge in [-0.3, -0.25) is 19.3 Å². The van der Waals surface area contributed by atoms with E-state index in [0.717, 1.165) is 4.90 Å². The zero-order chi connectivity index (χ0) is 20.5. The number of likely N-dealkylation sites (tertiary alicyclic amines) is 1. The Labute approximate surface area is 165 Å². The van der Waals surface area contributed by atoms with Gasteiger partial charge in [-0.25, -0.2) is 4.79 Å². The van der Waals surface area contributed by atoms with Crippen LogP contribution in [-0.2, 0) is 25.7 Å². The van der Waals surface area contributed by atoms with Crippen LogP contribution < -0.4 is 10.4 Å². The largest absolute Gasteiger partial charge is 0.497 e. The number of ether oxygens (including phenoxy) is 2. The van der Waals surface area contributed by atoms with Crippen LogP contribution in [0.4, 0.5) is 0 Å². The third-order valence-electron chi connectivity index (χ3n) is 5.31. The van der Waals surface area contributed by atoms with Gasteiger partial charge in [0, 0.05) is 23.1 Å². The normalized spacial score (nSPS) is 20.8. The molecule has 2 atom stereocenters. The maximum Gasteiger partial charge on any atom is 0.336 e. The Hall–Kier alpha value is -3.42. The molecule has 29 heavy (non-hydrogen) atoms. The highest BCUT2D eigenvalue weighted by Gasteiger charge is 2.47. The molecular formula is C21H19NO7. The zero-order valence-corrected chi connectivity index (χ0v) is 15.8. The average molecular weight is 397 g/mol. The number of allylic oxidation sites excluding steroid dienone is 2. The summed E-state index contributed by atoms with van der Waals surface area (Å²) < 4.78 is 15.5. The second kappa shape index (κ2) is 7.54. The summed E-state index contributed by atoms with van der Waals surface area (Å²) in [6.07, 6.45) is 4.79. The maximum absolute atomic E-state index is 12.4. The Balaban J connectivity index is 1.46. The number of rotatable bonds is 5. The van der Waals surface area contributed by atoms with E-state index in [1.54, 1.807) is 18.2 Å². The van der Waals surface area contributed by atoms with E-state index >= 15 is 0 Å². The van der Waals surface area contributed by atoms with E-state index in [9.17, 15) is 19.2 Å². The van der Waals surface area contributed by atoms with E-state index in [-0.39, 0.29) is 18.4 Å². The lowest BCUT2D eigenvalue weighted by Crippen LogP contribution is -2.36. The number of benzene rings is 1. The van der Waals surface area contributed by atoms with Gasteiger partial charge in [-0.2, -0.15) is 0 Å². The summed E-state index contributed by atoms with van der Waals surface area (Å²) in [5, 5.41) is 0.601. The van der Waals surface area contributed by atoms with Crippen LogP contribution in [0.5, 0.6) is 5.75 Å². The number of esters is 1. The lowest BCUT2D eigenvalue weighted by molar-refractivity contribution is -0.153. The first kappa shape index (κ1) is 18.9. The highest BCUT2D eigenvalue weighted by atomic mass is 16.5. The number of carbonyl (C=O) groups is 3. The Bertz CT molecular complexity index is 1060. The summed E-state index contributed by atoms with van der Waals surface area (Å²) in [4.78, 5) is 49.9. The number of imide groups is 1. The van der Waals surface area contributed by atoms with Crippen molar-refractivity contribution in [3.63, 3.8) is 0 Å². The highest BCUT2D eigenvalue weighted by molar-refractivity contribution is 6.07. The van der Waals surface area contributed by atoms with Crippen molar-refractivity contribution in [2.75, 3.05) is 13.7 Å². The first-order chi connectivity index (χ1) is 14.0. The molecule has 1 aliphatic carbocycles. The molecule has 1 aromatic heterocycles. The molecule has 0 unspecified atom stereocenters. The van der Waals surface area contributed by atoms with Crippen molar-refractivity contribution in [1.29, 1.82) is 0 Å². The molecular weight excluding hydrogens is 378 g/mol. The Morgan fingerprint density at radius 1 is 1.10 bits per heavy atom. The Morgan fingerprint density at radius 3 is 2.45 bits per heavy atom. The topological polar surface area (TPSA) is 103 Å². The molecule has 0 bridgehead atoms. The molecule has 2 aromatic rings. The van der Waals surface area contributed by atoms with Gasteiger partial charge in [0.2, 0.25) is 11.8 Å². The monoisotopic (exact) mass is 397 g/mol. The minimum Gasteiger partial charge on any atom is -0.497 e. The number of amides is 2. The van der Waals surface area contributed by atoms with E-state index in [2.05, 4.69) is 0 Å². The van der Waals surface area contributed by atoms with Gasteiger partial charge in [0.05, 0.1) is 18.9 Å². The van der Waals surface area contributed by atoms with Gasteiger partial charge in [0.25, 0.3) is 0 Å². The van der Waals surface area contributed by atoms with Crippen molar-refractivity contribution in [3.8, 4) is 5.75 Å². The molecule has 0 radical (unpaired) electrons. The minimum atomic E-state index is -0.715. The van der Waals surface area contributed by atoms with Crippen LogP contribution in [0.1, 0.15) is 18.4 Å². The van der Waals surface area contributed by atoms with Gasteiger partial charge in [-0.15, -0.1) is 0 Å². The van der Waals surface area contributed by atoms with Crippen LogP contribution in [0.25, 0.3) is 11.0 Å². The van der Waals surface area contributed by atoms with Crippen LogP contribution in [0.2, 0.25) is 0 Å². The molecule has 1 aliphatic heterocycles. The smallest absolute Gasteiger partial charge is 0.336 e. The number of hydrogen-bond acceptors (Lipinski definition) is 7. The van der Waals surface area contributed by atoms with Crippen molar-refractivity contribution < 1.29 is 28.3 Å². The SMILES string of the molecule is COc1ccc2c(COC(=O)CN3C(=O)[C@@H]4CC=CC[C@H]4C3=O)cc(=O)oc2c1. The lowest BCUT2D eigenvalue weighted by atomic mass is 9.85. The van der Waals surface area contributed by atoms with Gasteiger partial charge in [0.15, 0.2) is 0 Å². The molecule has 2 heterocycles. The van der Waals surface area contributed by atoms with E-state index in [4.69, 9.17) is 13.9 Å². The van der Waals surface area contributed by atoms with Crippen LogP contribution in [0.3, 0.4) is 0 Å². The van der Waals surface area contributed by atoms with Crippen molar-refractivity contribution in [2.24, 2.45) is 11.8 Å². The van der Waals surface area contributed by atoms with E-state index in [0.29, 0.717) is 35.1 Å². The van der Waals surface area contributed by atoms with Crippen LogP contribution in [-0.4, -0.2) is 36.3 Å². The summed E-state index contributed by atoms with van der Waals surface area (Å²) >= 11 is 0. The fraction of sp³-hybridized carbons (Fsp3) is 0.333. The van der Waals surface area contributed by atoms with Gasteiger partial charge in [-0.1, -0.05) is 12.2 Å². The van der Waals surface area contributed by atoms with Crippen molar-refractivity contribution in [1.82, 2.24) is 4.90 Å². The first-order valence-corrected chi connectivity index (χ1v) is 9.24. The molecule has 1 fully saturated rings. The summed E-state index contributed by atoms with van der Waals surface area (Å²) in [5.41, 5.74) is 0.187. The predicted octanol–water partition coefficient (Wildman–Crippen LogP) is 1.80. The maximum atomic E-state index is 12.4. The summed E-state index contributed by atoms with van der Waals surface area (Å²) in [5.74, 6) is -1.64. The average Bonchev–Trinajstić information content (AvgIpc) is 2.96. The number of hydrogen-bond donors (Lipinski definition) is 0. The van der Waals surface area contributed by atoms with Gasteiger partial charge >= 0.3 is 11.6 Å². The first-order valence-electron chi connectivity index (χ1n) is 9.24. The molecule has 150 valence electrons. The Kier molecular flexibility index (Phi) is 4.92. The molecule has 4 rings (SSSR count). The second-order valence-electron chi connectivity index (χ2n) is 7.03. The number of methoxy groups -OCH3 is 1. The quantitative estimate of drug-likeness (QED) is 0.328. The van der Waals surface area contributed by atoms with E-state index in [1.807, 2.05) is 12.2 Å². The van der Waals surface area contributed by atoms with Crippen LogP contribution in [0, 0.1) is 11.8 Å². The summed E-state index contributed by atoms with van der Waals surface area (Å²) in [7, 11) is 1.50. The molecule has 0 saturated carbocycles. The second-order valence-corrected chi connectivity index (χ2v) is 7.03.